The maximum Gasteiger partial charge on any atom is 0.0629 e. The van der Waals surface area contributed by atoms with Crippen LogP contribution in [-0.4, -0.2) is 11.2 Å². The van der Waals surface area contributed by atoms with E-state index in [0.29, 0.717) is 6.42 Å². The predicted molar refractivity (Wildman–Crippen MR) is 81.3 cm³/mol. The highest BCUT2D eigenvalue weighted by molar-refractivity contribution is 9.10. The van der Waals surface area contributed by atoms with Gasteiger partial charge in [-0.1, -0.05) is 23.8 Å². The molecule has 1 heterocycles. The van der Waals surface area contributed by atoms with Crippen molar-refractivity contribution in [1.82, 2.24) is 0 Å². The van der Waals surface area contributed by atoms with E-state index in [1.165, 1.54) is 21.6 Å². The molecule has 1 unspecified atom stereocenters. The van der Waals surface area contributed by atoms with Crippen LogP contribution in [0.15, 0.2) is 34.1 Å². The predicted octanol–water partition coefficient (Wildman–Crippen LogP) is 4.27. The Bertz CT molecular complexity index is 533. The van der Waals surface area contributed by atoms with Gasteiger partial charge in [0.05, 0.1) is 6.10 Å². The average Bonchev–Trinajstić information content (AvgIpc) is 2.70. The third-order valence-corrected chi connectivity index (χ3v) is 5.02. The van der Waals surface area contributed by atoms with Gasteiger partial charge in [-0.2, -0.15) is 0 Å². The molecule has 0 aliphatic carbocycles. The van der Waals surface area contributed by atoms with Crippen LogP contribution in [-0.2, 0) is 12.8 Å². The Morgan fingerprint density at radius 3 is 2.67 bits per heavy atom. The van der Waals surface area contributed by atoms with Crippen molar-refractivity contribution in [2.75, 3.05) is 0 Å². The molecule has 0 spiro atoms. The van der Waals surface area contributed by atoms with Gasteiger partial charge in [-0.05, 0) is 58.8 Å². The summed E-state index contributed by atoms with van der Waals surface area (Å²) in [6, 6.07) is 8.44. The number of thiophene rings is 1. The highest BCUT2D eigenvalue weighted by atomic mass is 79.9. The van der Waals surface area contributed by atoms with Crippen LogP contribution in [0.3, 0.4) is 0 Å². The molecule has 0 aliphatic rings. The topological polar surface area (TPSA) is 20.2 Å². The maximum absolute atomic E-state index is 10.2. The summed E-state index contributed by atoms with van der Waals surface area (Å²) in [5.74, 6) is 0. The Labute approximate surface area is 121 Å². The van der Waals surface area contributed by atoms with Gasteiger partial charge in [0.15, 0.2) is 0 Å². The molecule has 0 bridgehead atoms. The van der Waals surface area contributed by atoms with Crippen molar-refractivity contribution in [3.63, 3.8) is 0 Å². The molecule has 2 rings (SSSR count). The summed E-state index contributed by atoms with van der Waals surface area (Å²) in [5, 5.41) is 12.2. The van der Waals surface area contributed by atoms with Gasteiger partial charge in [0, 0.05) is 15.8 Å². The molecule has 0 aliphatic heterocycles. The highest BCUT2D eigenvalue weighted by Crippen LogP contribution is 2.25. The van der Waals surface area contributed by atoms with Crippen LogP contribution in [0.25, 0.3) is 0 Å². The summed E-state index contributed by atoms with van der Waals surface area (Å²) in [4.78, 5) is 1.22. The van der Waals surface area contributed by atoms with Crippen molar-refractivity contribution in [1.29, 1.82) is 0 Å². The van der Waals surface area contributed by atoms with Gasteiger partial charge in [0.1, 0.15) is 0 Å². The lowest BCUT2D eigenvalue weighted by Gasteiger charge is -2.12. The van der Waals surface area contributed by atoms with Crippen LogP contribution in [0.5, 0.6) is 0 Å². The number of aryl methyl sites for hydroxylation is 2. The van der Waals surface area contributed by atoms with Crippen LogP contribution in [0, 0.1) is 13.8 Å². The first-order valence-corrected chi connectivity index (χ1v) is 7.69. The first-order valence-electron chi connectivity index (χ1n) is 6.02. The van der Waals surface area contributed by atoms with Crippen LogP contribution >= 0.6 is 27.3 Å². The van der Waals surface area contributed by atoms with Gasteiger partial charge in [0.25, 0.3) is 0 Å². The molecule has 0 radical (unpaired) electrons. The second kappa shape index (κ2) is 6.00. The minimum absolute atomic E-state index is 0.319. The van der Waals surface area contributed by atoms with Gasteiger partial charge in [-0.15, -0.1) is 11.3 Å². The molecular weight excluding hydrogens is 308 g/mol. The summed E-state index contributed by atoms with van der Waals surface area (Å²) in [6.07, 6.45) is 1.11. The first-order chi connectivity index (χ1) is 8.56. The van der Waals surface area contributed by atoms with Crippen molar-refractivity contribution in [3.05, 3.63) is 55.7 Å². The normalized spacial score (nSPS) is 12.7. The zero-order valence-corrected chi connectivity index (χ0v) is 13.0. The second-order valence-corrected chi connectivity index (χ2v) is 6.54. The summed E-state index contributed by atoms with van der Waals surface area (Å²) in [5.41, 5.74) is 3.75. The van der Waals surface area contributed by atoms with Crippen molar-refractivity contribution in [3.8, 4) is 0 Å². The summed E-state index contributed by atoms with van der Waals surface area (Å²) in [6.45, 7) is 4.19. The largest absolute Gasteiger partial charge is 0.392 e. The zero-order chi connectivity index (χ0) is 13.1. The Balaban J connectivity index is 2.05. The molecule has 1 aromatic carbocycles. The molecule has 1 nitrogen and oxygen atoms in total. The second-order valence-electron chi connectivity index (χ2n) is 4.68. The Hall–Kier alpha value is -0.640. The number of aliphatic hydroxyl groups excluding tert-OH is 1. The summed E-state index contributed by atoms with van der Waals surface area (Å²) >= 11 is 5.19. The summed E-state index contributed by atoms with van der Waals surface area (Å²) < 4.78 is 1.10. The van der Waals surface area contributed by atoms with Crippen LogP contribution in [0.2, 0.25) is 0 Å². The Kier molecular flexibility index (Phi) is 4.60. The van der Waals surface area contributed by atoms with E-state index in [4.69, 9.17) is 0 Å². The average molecular weight is 325 g/mol. The van der Waals surface area contributed by atoms with Crippen molar-refractivity contribution in [2.45, 2.75) is 32.8 Å². The molecule has 1 atom stereocenters. The van der Waals surface area contributed by atoms with E-state index in [1.807, 2.05) is 11.4 Å². The molecule has 0 saturated heterocycles. The molecule has 18 heavy (non-hydrogen) atoms. The van der Waals surface area contributed by atoms with Crippen LogP contribution in [0.4, 0.5) is 0 Å². The number of halogens is 1. The lowest BCUT2D eigenvalue weighted by molar-refractivity contribution is 0.176. The molecule has 1 N–H and O–H groups in total. The van der Waals surface area contributed by atoms with Gasteiger partial charge in [0.2, 0.25) is 0 Å². The van der Waals surface area contributed by atoms with Crippen LogP contribution in [0.1, 0.15) is 21.6 Å². The third-order valence-electron chi connectivity index (χ3n) is 3.07. The van der Waals surface area contributed by atoms with Crippen molar-refractivity contribution in [2.24, 2.45) is 0 Å². The van der Waals surface area contributed by atoms with Crippen LogP contribution < -0.4 is 0 Å². The van der Waals surface area contributed by atoms with Crippen molar-refractivity contribution >= 4 is 27.3 Å². The van der Waals surface area contributed by atoms with E-state index in [9.17, 15) is 5.11 Å². The van der Waals surface area contributed by atoms with Gasteiger partial charge in [-0.3, -0.25) is 0 Å². The molecule has 1 aromatic heterocycles. The fraction of sp³-hybridized carbons (Fsp3) is 0.333. The number of rotatable bonds is 4. The number of hydrogen-bond acceptors (Lipinski definition) is 2. The molecule has 3 heteroatoms. The van der Waals surface area contributed by atoms with E-state index in [1.54, 1.807) is 11.3 Å². The van der Waals surface area contributed by atoms with Gasteiger partial charge < -0.3 is 5.11 Å². The number of hydrogen-bond donors (Lipinski definition) is 1. The van der Waals surface area contributed by atoms with E-state index < -0.39 is 0 Å². The minimum atomic E-state index is -0.319. The quantitative estimate of drug-likeness (QED) is 0.890. The SMILES string of the molecule is Cc1ccc(C)c(CC(O)Cc2sccc2Br)c1. The van der Waals surface area contributed by atoms with Gasteiger partial charge >= 0.3 is 0 Å². The van der Waals surface area contributed by atoms with E-state index >= 15 is 0 Å². The monoisotopic (exact) mass is 324 g/mol. The lowest BCUT2D eigenvalue weighted by atomic mass is 9.99. The van der Waals surface area contributed by atoms with E-state index in [0.717, 1.165) is 10.9 Å². The fourth-order valence-corrected chi connectivity index (χ4v) is 3.62. The highest BCUT2D eigenvalue weighted by Gasteiger charge is 2.11. The molecular formula is C15H17BrOS. The van der Waals surface area contributed by atoms with E-state index in [-0.39, 0.29) is 6.10 Å². The molecule has 2 aromatic rings. The standard InChI is InChI=1S/C15H17BrOS/c1-10-3-4-11(2)12(7-10)8-13(17)9-15-14(16)5-6-18-15/h3-7,13,17H,8-9H2,1-2H3. The fourth-order valence-electron chi connectivity index (χ4n) is 2.03. The van der Waals surface area contributed by atoms with E-state index in [2.05, 4.69) is 48.0 Å². The third kappa shape index (κ3) is 3.44. The first kappa shape index (κ1) is 13.8. The Morgan fingerprint density at radius 1 is 1.22 bits per heavy atom. The maximum atomic E-state index is 10.2. The lowest BCUT2D eigenvalue weighted by Crippen LogP contribution is -2.14. The van der Waals surface area contributed by atoms with Crippen molar-refractivity contribution < 1.29 is 5.11 Å². The molecule has 0 amide bonds. The molecule has 0 saturated carbocycles. The molecule has 96 valence electrons. The molecule has 0 fully saturated rings. The minimum Gasteiger partial charge on any atom is -0.392 e. The Morgan fingerprint density at radius 2 is 2.00 bits per heavy atom. The summed E-state index contributed by atoms with van der Waals surface area (Å²) in [7, 11) is 0. The smallest absolute Gasteiger partial charge is 0.0629 e. The number of aliphatic hydroxyl groups is 1. The van der Waals surface area contributed by atoms with Gasteiger partial charge in [-0.25, -0.2) is 0 Å². The number of benzene rings is 1. The zero-order valence-electron chi connectivity index (χ0n) is 10.6.